The monoisotopic (exact) mass is 370 g/mol. The van der Waals surface area contributed by atoms with Gasteiger partial charge in [0.25, 0.3) is 0 Å². The van der Waals surface area contributed by atoms with E-state index in [2.05, 4.69) is 35.2 Å². The maximum Gasteiger partial charge on any atom is 0.175 e. The van der Waals surface area contributed by atoms with Crippen molar-refractivity contribution in [3.05, 3.63) is 59.2 Å². The van der Waals surface area contributed by atoms with E-state index >= 15 is 0 Å². The third-order valence-electron chi connectivity index (χ3n) is 6.18. The molecule has 138 valence electrons. The van der Waals surface area contributed by atoms with Gasteiger partial charge in [-0.25, -0.2) is 8.42 Å². The zero-order valence-corrected chi connectivity index (χ0v) is 16.2. The predicted molar refractivity (Wildman–Crippen MR) is 105 cm³/mol. The van der Waals surface area contributed by atoms with Gasteiger partial charge < -0.3 is 10.6 Å². The minimum absolute atomic E-state index is 0.102. The Bertz CT molecular complexity index is 944. The molecule has 4 nitrogen and oxygen atoms in total. The first-order valence-corrected chi connectivity index (χ1v) is 11.1. The average Bonchev–Trinajstić information content (AvgIpc) is 2.87. The Morgan fingerprint density at radius 2 is 1.81 bits per heavy atom. The summed E-state index contributed by atoms with van der Waals surface area (Å²) in [5, 5.41) is 0. The van der Waals surface area contributed by atoms with Crippen LogP contribution in [-0.2, 0) is 16.3 Å². The normalized spacial score (nSPS) is 21.8. The van der Waals surface area contributed by atoms with Gasteiger partial charge in [0.15, 0.2) is 9.84 Å². The lowest BCUT2D eigenvalue weighted by molar-refractivity contribution is 0.187. The van der Waals surface area contributed by atoms with Crippen LogP contribution in [0.15, 0.2) is 47.4 Å². The molecule has 0 bridgehead atoms. The van der Waals surface area contributed by atoms with Crippen LogP contribution in [0.1, 0.15) is 35.6 Å². The van der Waals surface area contributed by atoms with Gasteiger partial charge >= 0.3 is 0 Å². The first-order valence-electron chi connectivity index (χ1n) is 9.19. The van der Waals surface area contributed by atoms with E-state index in [9.17, 15) is 8.42 Å². The number of fused-ring (bicyclic) bond motifs is 1. The second kappa shape index (κ2) is 6.10. The summed E-state index contributed by atoms with van der Waals surface area (Å²) < 4.78 is 23.9. The molecule has 2 aromatic rings. The molecule has 4 rings (SSSR count). The number of nitrogens with two attached hydrogens (primary N) is 1. The lowest BCUT2D eigenvalue weighted by Crippen LogP contribution is -2.44. The number of benzene rings is 2. The molecule has 1 aliphatic carbocycles. The summed E-state index contributed by atoms with van der Waals surface area (Å²) in [5.41, 5.74) is 11.5. The van der Waals surface area contributed by atoms with Crippen LogP contribution < -0.4 is 10.6 Å². The Morgan fingerprint density at radius 1 is 1.12 bits per heavy atom. The molecule has 2 aliphatic rings. The largest absolute Gasteiger partial charge is 0.371 e. The van der Waals surface area contributed by atoms with Crippen molar-refractivity contribution in [3.63, 3.8) is 0 Å². The molecule has 1 atom stereocenters. The molecular formula is C21H26N2O2S. The molecule has 0 saturated carbocycles. The second-order valence-electron chi connectivity index (χ2n) is 7.98. The summed E-state index contributed by atoms with van der Waals surface area (Å²) >= 11 is 0. The van der Waals surface area contributed by atoms with Gasteiger partial charge in [-0.05, 0) is 66.5 Å². The van der Waals surface area contributed by atoms with Crippen LogP contribution >= 0.6 is 0 Å². The third kappa shape index (κ3) is 2.93. The molecule has 26 heavy (non-hydrogen) atoms. The maximum absolute atomic E-state index is 12.0. The van der Waals surface area contributed by atoms with Crippen LogP contribution in [0, 0.1) is 12.3 Å². The van der Waals surface area contributed by atoms with Crippen molar-refractivity contribution in [3.8, 4) is 0 Å². The molecule has 0 amide bonds. The topological polar surface area (TPSA) is 63.4 Å². The standard InChI is InChI=1S/C21H26N2O2S/c1-15-11-17(13-18(12-15)26(2,24)25)23-9-7-21(8-10-23)14-16-5-3-4-6-19(16)20(21)22/h3-6,11-13,20H,7-10,14,22H2,1-2H3/t20-/m1/s1. The Morgan fingerprint density at radius 3 is 2.46 bits per heavy atom. The van der Waals surface area contributed by atoms with E-state index in [4.69, 9.17) is 5.73 Å². The minimum atomic E-state index is -3.20. The van der Waals surface area contributed by atoms with Crippen molar-refractivity contribution >= 4 is 15.5 Å². The third-order valence-corrected chi connectivity index (χ3v) is 7.27. The van der Waals surface area contributed by atoms with Gasteiger partial charge in [-0.2, -0.15) is 0 Å². The van der Waals surface area contributed by atoms with E-state index in [1.165, 1.54) is 17.4 Å². The van der Waals surface area contributed by atoms with Crippen molar-refractivity contribution < 1.29 is 8.42 Å². The first kappa shape index (κ1) is 17.6. The number of sulfone groups is 1. The highest BCUT2D eigenvalue weighted by Crippen LogP contribution is 2.51. The maximum atomic E-state index is 12.0. The summed E-state index contributed by atoms with van der Waals surface area (Å²) in [4.78, 5) is 2.71. The van der Waals surface area contributed by atoms with Crippen molar-refractivity contribution in [2.75, 3.05) is 24.2 Å². The van der Waals surface area contributed by atoms with E-state index in [-0.39, 0.29) is 11.5 Å². The van der Waals surface area contributed by atoms with Crippen LogP contribution in [0.2, 0.25) is 0 Å². The fraction of sp³-hybridized carbons (Fsp3) is 0.429. The van der Waals surface area contributed by atoms with Gasteiger partial charge in [0.2, 0.25) is 0 Å². The smallest absolute Gasteiger partial charge is 0.175 e. The van der Waals surface area contributed by atoms with Gasteiger partial charge in [-0.15, -0.1) is 0 Å². The summed E-state index contributed by atoms with van der Waals surface area (Å²) in [6.07, 6.45) is 4.39. The summed E-state index contributed by atoms with van der Waals surface area (Å²) in [6, 6.07) is 14.3. The first-order chi connectivity index (χ1) is 12.3. The molecule has 1 spiro atoms. The Kier molecular flexibility index (Phi) is 4.12. The number of hydrogen-bond donors (Lipinski definition) is 1. The van der Waals surface area contributed by atoms with Crippen LogP contribution in [0.5, 0.6) is 0 Å². The Balaban J connectivity index is 1.56. The zero-order chi connectivity index (χ0) is 18.5. The highest BCUT2D eigenvalue weighted by Gasteiger charge is 2.45. The molecule has 2 aromatic carbocycles. The highest BCUT2D eigenvalue weighted by molar-refractivity contribution is 7.90. The summed E-state index contributed by atoms with van der Waals surface area (Å²) in [6.45, 7) is 3.77. The second-order valence-corrected chi connectivity index (χ2v) is 9.99. The van der Waals surface area contributed by atoms with Gasteiger partial charge in [-0.1, -0.05) is 24.3 Å². The molecule has 0 aromatic heterocycles. The zero-order valence-electron chi connectivity index (χ0n) is 15.4. The van der Waals surface area contributed by atoms with E-state index in [1.54, 1.807) is 6.07 Å². The molecule has 1 fully saturated rings. The number of piperidine rings is 1. The van der Waals surface area contributed by atoms with Gasteiger partial charge in [-0.3, -0.25) is 0 Å². The predicted octanol–water partition coefficient (Wildman–Crippen LogP) is 3.24. The van der Waals surface area contributed by atoms with E-state index in [0.29, 0.717) is 4.90 Å². The number of aryl methyl sites for hydroxylation is 1. The Hall–Kier alpha value is -1.85. The van der Waals surface area contributed by atoms with Crippen molar-refractivity contribution in [2.45, 2.75) is 37.1 Å². The molecule has 0 unspecified atom stereocenters. The quantitative estimate of drug-likeness (QED) is 0.881. The number of hydrogen-bond acceptors (Lipinski definition) is 4. The van der Waals surface area contributed by atoms with Crippen molar-refractivity contribution in [1.82, 2.24) is 0 Å². The average molecular weight is 371 g/mol. The molecule has 1 aliphatic heterocycles. The van der Waals surface area contributed by atoms with E-state index in [1.807, 2.05) is 13.0 Å². The number of nitrogens with zero attached hydrogens (tertiary/aromatic N) is 1. The Labute approximate surface area is 155 Å². The lowest BCUT2D eigenvalue weighted by atomic mass is 9.73. The molecule has 1 saturated heterocycles. The van der Waals surface area contributed by atoms with E-state index in [0.717, 1.165) is 43.6 Å². The fourth-order valence-electron chi connectivity index (χ4n) is 4.64. The van der Waals surface area contributed by atoms with Gasteiger partial charge in [0.05, 0.1) is 4.90 Å². The van der Waals surface area contributed by atoms with Crippen molar-refractivity contribution in [2.24, 2.45) is 11.1 Å². The van der Waals surface area contributed by atoms with Gasteiger partial charge in [0, 0.05) is 31.1 Å². The highest BCUT2D eigenvalue weighted by atomic mass is 32.2. The van der Waals surface area contributed by atoms with Crippen LogP contribution in [0.3, 0.4) is 0 Å². The minimum Gasteiger partial charge on any atom is -0.371 e. The molecule has 2 N–H and O–H groups in total. The van der Waals surface area contributed by atoms with Crippen LogP contribution in [0.4, 0.5) is 5.69 Å². The molecule has 1 heterocycles. The van der Waals surface area contributed by atoms with Crippen LogP contribution in [0.25, 0.3) is 0 Å². The summed E-state index contributed by atoms with van der Waals surface area (Å²) in [5.74, 6) is 0. The fourth-order valence-corrected chi connectivity index (χ4v) is 5.38. The van der Waals surface area contributed by atoms with E-state index < -0.39 is 9.84 Å². The molecular weight excluding hydrogens is 344 g/mol. The molecule has 0 radical (unpaired) electrons. The SMILES string of the molecule is Cc1cc(N2CCC3(CC2)Cc2ccccc2[C@H]3N)cc(S(C)(=O)=O)c1. The van der Waals surface area contributed by atoms with Gasteiger partial charge in [0.1, 0.15) is 0 Å². The van der Waals surface area contributed by atoms with Crippen LogP contribution in [-0.4, -0.2) is 27.8 Å². The summed E-state index contributed by atoms with van der Waals surface area (Å²) in [7, 11) is -3.20. The number of anilines is 1. The number of rotatable bonds is 2. The van der Waals surface area contributed by atoms with Crippen molar-refractivity contribution in [1.29, 1.82) is 0 Å². The molecule has 5 heteroatoms. The lowest BCUT2D eigenvalue weighted by Gasteiger charge is -2.43.